The van der Waals surface area contributed by atoms with Crippen molar-refractivity contribution in [2.45, 2.75) is 25.8 Å². The maximum Gasteiger partial charge on any atom is 0.233 e. The van der Waals surface area contributed by atoms with Crippen LogP contribution in [0.15, 0.2) is 65.8 Å². The number of pyridine rings is 1. The Morgan fingerprint density at radius 1 is 1.11 bits per heavy atom. The Kier molecular flexibility index (Phi) is 4.82. The van der Waals surface area contributed by atoms with E-state index in [4.69, 9.17) is 5.73 Å². The quantitative estimate of drug-likeness (QED) is 0.760. The van der Waals surface area contributed by atoms with Crippen LogP contribution in [-0.4, -0.2) is 34.8 Å². The molecule has 2 aromatic carbocycles. The average Bonchev–Trinajstić information content (AvgIpc) is 2.73. The fourth-order valence-corrected chi connectivity index (χ4v) is 3.83. The number of aromatic nitrogens is 1. The van der Waals surface area contributed by atoms with Crippen LogP contribution in [0.4, 0.5) is 0 Å². The van der Waals surface area contributed by atoms with Gasteiger partial charge in [0.1, 0.15) is 0 Å². The molecule has 0 spiro atoms. The summed E-state index contributed by atoms with van der Waals surface area (Å²) in [7, 11) is 1.68. The summed E-state index contributed by atoms with van der Waals surface area (Å²) in [6.45, 7) is 1.93. The van der Waals surface area contributed by atoms with Gasteiger partial charge in [-0.3, -0.25) is 14.7 Å². The highest BCUT2D eigenvalue weighted by atomic mass is 16.2. The van der Waals surface area contributed by atoms with Gasteiger partial charge in [-0.15, -0.1) is 0 Å². The first-order valence-corrected chi connectivity index (χ1v) is 9.58. The van der Waals surface area contributed by atoms with Gasteiger partial charge < -0.3 is 5.73 Å². The third-order valence-electron chi connectivity index (χ3n) is 5.55. The van der Waals surface area contributed by atoms with Gasteiger partial charge in [0.25, 0.3) is 0 Å². The number of nitrogens with two attached hydrogens (primary N) is 1. The molecule has 1 amide bonds. The molecule has 0 saturated carbocycles. The minimum Gasteiger partial charge on any atom is -0.369 e. The van der Waals surface area contributed by atoms with Crippen LogP contribution in [0.2, 0.25) is 0 Å². The van der Waals surface area contributed by atoms with Crippen LogP contribution in [0.1, 0.15) is 18.9 Å². The minimum atomic E-state index is -0.148. The molecule has 28 heavy (non-hydrogen) atoms. The summed E-state index contributed by atoms with van der Waals surface area (Å²) in [5.74, 6) is 0.198. The number of carbonyl (C=O) groups excluding carboxylic acids is 1. The lowest BCUT2D eigenvalue weighted by Gasteiger charge is -2.30. The van der Waals surface area contributed by atoms with Gasteiger partial charge in [-0.2, -0.15) is 0 Å². The zero-order chi connectivity index (χ0) is 19.7. The lowest BCUT2D eigenvalue weighted by molar-refractivity contribution is -0.131. The number of hydrogen-bond donors (Lipinski definition) is 1. The fourth-order valence-electron chi connectivity index (χ4n) is 3.83. The number of aryl methyl sites for hydroxylation is 1. The molecule has 0 bridgehead atoms. The predicted octanol–water partition coefficient (Wildman–Crippen LogP) is 3.63. The van der Waals surface area contributed by atoms with E-state index in [0.717, 1.165) is 23.7 Å². The lowest BCUT2D eigenvalue weighted by Crippen LogP contribution is -2.49. The van der Waals surface area contributed by atoms with Crippen LogP contribution in [0.3, 0.4) is 0 Å². The van der Waals surface area contributed by atoms with E-state index in [1.165, 1.54) is 21.6 Å². The molecule has 0 fully saturated rings. The molecule has 1 aliphatic rings. The summed E-state index contributed by atoms with van der Waals surface area (Å²) in [5.41, 5.74) is 10.5. The van der Waals surface area contributed by atoms with Crippen molar-refractivity contribution >= 4 is 22.8 Å². The molecule has 2 unspecified atom stereocenters. The molecule has 2 heterocycles. The maximum absolute atomic E-state index is 12.3. The van der Waals surface area contributed by atoms with Gasteiger partial charge in [0.2, 0.25) is 5.91 Å². The highest BCUT2D eigenvalue weighted by molar-refractivity contribution is 5.99. The van der Waals surface area contributed by atoms with Crippen molar-refractivity contribution in [2.75, 3.05) is 7.05 Å². The van der Waals surface area contributed by atoms with E-state index in [-0.39, 0.29) is 17.9 Å². The van der Waals surface area contributed by atoms with Crippen molar-refractivity contribution in [3.8, 4) is 11.1 Å². The molecule has 3 aromatic rings. The number of carbonyl (C=O) groups is 1. The zero-order valence-corrected chi connectivity index (χ0v) is 16.2. The summed E-state index contributed by atoms with van der Waals surface area (Å²) in [5, 5.41) is 1.15. The molecule has 4 rings (SSSR count). The zero-order valence-electron chi connectivity index (χ0n) is 16.2. The third-order valence-corrected chi connectivity index (χ3v) is 5.55. The minimum absolute atomic E-state index is 0.0366. The molecule has 0 saturated heterocycles. The number of rotatable bonds is 4. The Bertz CT molecular complexity index is 1050. The van der Waals surface area contributed by atoms with Crippen molar-refractivity contribution in [1.29, 1.82) is 0 Å². The second-order valence-electron chi connectivity index (χ2n) is 7.36. The number of aliphatic imine (C=N–C) groups is 1. The fraction of sp³-hybridized carbons (Fsp3) is 0.261. The highest BCUT2D eigenvalue weighted by Crippen LogP contribution is 2.29. The SMILES string of the molecule is CC1C(=O)N(C)C(N)=NC1CCc1cccc(-c2cccc3ncccc23)c1. The van der Waals surface area contributed by atoms with E-state index in [1.807, 2.05) is 31.3 Å². The van der Waals surface area contributed by atoms with Crippen molar-refractivity contribution in [3.05, 3.63) is 66.4 Å². The summed E-state index contributed by atoms with van der Waals surface area (Å²) in [4.78, 5) is 22.7. The van der Waals surface area contributed by atoms with Crippen molar-refractivity contribution < 1.29 is 4.79 Å². The second-order valence-corrected chi connectivity index (χ2v) is 7.36. The molecule has 2 N–H and O–H groups in total. The molecule has 1 aromatic heterocycles. The topological polar surface area (TPSA) is 71.6 Å². The Morgan fingerprint density at radius 3 is 2.79 bits per heavy atom. The van der Waals surface area contributed by atoms with E-state index in [1.54, 1.807) is 7.05 Å². The monoisotopic (exact) mass is 372 g/mol. The first-order valence-electron chi connectivity index (χ1n) is 9.58. The lowest BCUT2D eigenvalue weighted by atomic mass is 9.92. The molecule has 1 aliphatic heterocycles. The van der Waals surface area contributed by atoms with Crippen molar-refractivity contribution in [1.82, 2.24) is 9.88 Å². The normalized spacial score (nSPS) is 19.7. The van der Waals surface area contributed by atoms with Crippen LogP contribution >= 0.6 is 0 Å². The van der Waals surface area contributed by atoms with Gasteiger partial charge in [-0.05, 0) is 41.7 Å². The molecule has 5 heteroatoms. The van der Waals surface area contributed by atoms with Crippen LogP contribution in [-0.2, 0) is 11.2 Å². The van der Waals surface area contributed by atoms with E-state index < -0.39 is 0 Å². The molecule has 2 atom stereocenters. The third kappa shape index (κ3) is 3.36. The van der Waals surface area contributed by atoms with Crippen molar-refractivity contribution in [2.24, 2.45) is 16.6 Å². The Hall–Kier alpha value is -3.21. The second kappa shape index (κ2) is 7.43. The van der Waals surface area contributed by atoms with Gasteiger partial charge in [0.15, 0.2) is 5.96 Å². The number of amides is 1. The van der Waals surface area contributed by atoms with E-state index in [9.17, 15) is 4.79 Å². The van der Waals surface area contributed by atoms with E-state index in [0.29, 0.717) is 5.96 Å². The standard InChI is InChI=1S/C23H24N4O/c1-15-20(26-23(24)27(2)22(15)28)12-11-16-6-3-7-17(14-16)18-8-4-10-21-19(18)9-5-13-25-21/h3-10,13-15,20H,11-12H2,1-2H3,(H2,24,26). The van der Waals surface area contributed by atoms with Gasteiger partial charge in [0, 0.05) is 18.6 Å². The number of hydrogen-bond acceptors (Lipinski definition) is 4. The molecule has 0 aliphatic carbocycles. The summed E-state index contributed by atoms with van der Waals surface area (Å²) < 4.78 is 0. The van der Waals surface area contributed by atoms with Gasteiger partial charge >= 0.3 is 0 Å². The first-order chi connectivity index (χ1) is 13.5. The first kappa shape index (κ1) is 18.2. The van der Waals surface area contributed by atoms with E-state index >= 15 is 0 Å². The Morgan fingerprint density at radius 2 is 1.93 bits per heavy atom. The number of nitrogens with zero attached hydrogens (tertiary/aromatic N) is 3. The molecular weight excluding hydrogens is 348 g/mol. The van der Waals surface area contributed by atoms with Gasteiger partial charge in [0.05, 0.1) is 17.5 Å². The molecule has 5 nitrogen and oxygen atoms in total. The average molecular weight is 372 g/mol. The molecule has 142 valence electrons. The molecular formula is C23H24N4O. The number of benzene rings is 2. The summed E-state index contributed by atoms with van der Waals surface area (Å²) >= 11 is 0. The Balaban J connectivity index is 1.57. The van der Waals surface area contributed by atoms with Gasteiger partial charge in [-0.1, -0.05) is 49.4 Å². The van der Waals surface area contributed by atoms with Crippen LogP contribution in [0, 0.1) is 5.92 Å². The largest absolute Gasteiger partial charge is 0.369 e. The van der Waals surface area contributed by atoms with E-state index in [2.05, 4.69) is 46.4 Å². The highest BCUT2D eigenvalue weighted by Gasteiger charge is 2.32. The number of fused-ring (bicyclic) bond motifs is 1. The summed E-state index contributed by atoms with van der Waals surface area (Å²) in [6, 6.07) is 18.8. The van der Waals surface area contributed by atoms with Crippen LogP contribution in [0.25, 0.3) is 22.0 Å². The maximum atomic E-state index is 12.3. The number of guanidine groups is 1. The van der Waals surface area contributed by atoms with Crippen molar-refractivity contribution in [3.63, 3.8) is 0 Å². The van der Waals surface area contributed by atoms with Gasteiger partial charge in [-0.25, -0.2) is 4.99 Å². The van der Waals surface area contributed by atoms with Crippen LogP contribution in [0.5, 0.6) is 0 Å². The Labute approximate surface area is 164 Å². The predicted molar refractivity (Wildman–Crippen MR) is 113 cm³/mol. The molecule has 0 radical (unpaired) electrons. The summed E-state index contributed by atoms with van der Waals surface area (Å²) in [6.07, 6.45) is 3.46. The van der Waals surface area contributed by atoms with Crippen LogP contribution < -0.4 is 5.73 Å². The smallest absolute Gasteiger partial charge is 0.233 e.